The maximum atomic E-state index is 13.0. The third-order valence-electron chi connectivity index (χ3n) is 4.79. The minimum atomic E-state index is -3.66. The summed E-state index contributed by atoms with van der Waals surface area (Å²) in [7, 11) is -1.30. The van der Waals surface area contributed by atoms with Crippen molar-refractivity contribution in [1.29, 1.82) is 0 Å². The van der Waals surface area contributed by atoms with Crippen molar-refractivity contribution < 1.29 is 37.0 Å². The van der Waals surface area contributed by atoms with Gasteiger partial charge in [0, 0.05) is 23.7 Å². The van der Waals surface area contributed by atoms with Crippen molar-refractivity contribution in [3.8, 4) is 5.75 Å². The zero-order valence-electron chi connectivity index (χ0n) is 18.0. The Hall–Kier alpha value is -3.31. The van der Waals surface area contributed by atoms with Crippen LogP contribution in [0, 0.1) is 0 Å². The van der Waals surface area contributed by atoms with E-state index in [1.807, 2.05) is 0 Å². The van der Waals surface area contributed by atoms with E-state index >= 15 is 0 Å². The number of hydrogen-bond acceptors (Lipinski definition) is 8. The Morgan fingerprint density at radius 3 is 2.21 bits per heavy atom. The van der Waals surface area contributed by atoms with E-state index in [9.17, 15) is 22.8 Å². The molecule has 0 aliphatic carbocycles. The van der Waals surface area contributed by atoms with Crippen molar-refractivity contribution in [3.63, 3.8) is 0 Å². The summed E-state index contributed by atoms with van der Waals surface area (Å²) < 4.78 is 40.9. The first-order valence-electron chi connectivity index (χ1n) is 9.60. The molecule has 3 rings (SSSR count). The third kappa shape index (κ3) is 5.55. The Bertz CT molecular complexity index is 1180. The lowest BCUT2D eigenvalue weighted by Gasteiger charge is -2.21. The summed E-state index contributed by atoms with van der Waals surface area (Å²) in [5, 5.41) is 2.91. The zero-order chi connectivity index (χ0) is 24.3. The third-order valence-corrected chi connectivity index (χ3v) is 6.20. The first-order valence-corrected chi connectivity index (χ1v) is 11.8. The van der Waals surface area contributed by atoms with Crippen LogP contribution in [0.3, 0.4) is 0 Å². The predicted molar refractivity (Wildman–Crippen MR) is 120 cm³/mol. The number of ether oxygens (including phenoxy) is 3. The molecule has 1 aliphatic heterocycles. The van der Waals surface area contributed by atoms with Gasteiger partial charge in [-0.05, 0) is 36.4 Å². The number of sulfonamides is 1. The molecular formula is C21H21ClN2O8S. The van der Waals surface area contributed by atoms with Crippen molar-refractivity contribution in [1.82, 2.24) is 0 Å². The molecule has 10 nitrogen and oxygen atoms in total. The monoisotopic (exact) mass is 496 g/mol. The van der Waals surface area contributed by atoms with E-state index in [1.54, 1.807) is 0 Å². The van der Waals surface area contributed by atoms with Crippen LogP contribution in [-0.4, -0.2) is 59.4 Å². The van der Waals surface area contributed by atoms with Gasteiger partial charge in [0.15, 0.2) is 6.10 Å². The normalized spacial score (nSPS) is 15.5. The second-order valence-corrected chi connectivity index (χ2v) is 9.46. The summed E-state index contributed by atoms with van der Waals surface area (Å²) in [6.45, 7) is -0.0279. The molecule has 1 N–H and O–H groups in total. The molecule has 12 heteroatoms. The van der Waals surface area contributed by atoms with E-state index < -0.39 is 34.0 Å². The van der Waals surface area contributed by atoms with Crippen LogP contribution in [0.15, 0.2) is 36.4 Å². The van der Waals surface area contributed by atoms with Crippen LogP contribution in [0.2, 0.25) is 5.02 Å². The molecule has 0 aromatic heterocycles. The van der Waals surface area contributed by atoms with Gasteiger partial charge in [-0.1, -0.05) is 11.6 Å². The van der Waals surface area contributed by atoms with E-state index in [4.69, 9.17) is 16.3 Å². The molecule has 1 amide bonds. The van der Waals surface area contributed by atoms with Gasteiger partial charge in [0.25, 0.3) is 5.91 Å². The molecule has 33 heavy (non-hydrogen) atoms. The molecule has 0 bridgehead atoms. The lowest BCUT2D eigenvalue weighted by Crippen LogP contribution is -2.36. The summed E-state index contributed by atoms with van der Waals surface area (Å²) in [6.07, 6.45) is 0.0104. The van der Waals surface area contributed by atoms with E-state index in [1.165, 1.54) is 50.6 Å². The van der Waals surface area contributed by atoms with Crippen molar-refractivity contribution in [3.05, 3.63) is 52.5 Å². The van der Waals surface area contributed by atoms with Crippen LogP contribution in [-0.2, 0) is 24.3 Å². The van der Waals surface area contributed by atoms with Gasteiger partial charge in [0.05, 0.1) is 37.3 Å². The Balaban J connectivity index is 1.91. The molecule has 0 saturated carbocycles. The van der Waals surface area contributed by atoms with Gasteiger partial charge in [-0.2, -0.15) is 0 Å². The fourth-order valence-electron chi connectivity index (χ4n) is 3.28. The summed E-state index contributed by atoms with van der Waals surface area (Å²) in [4.78, 5) is 36.9. The maximum absolute atomic E-state index is 13.0. The lowest BCUT2D eigenvalue weighted by molar-refractivity contribution is -0.122. The average Bonchev–Trinajstić information content (AvgIpc) is 2.97. The molecule has 1 unspecified atom stereocenters. The maximum Gasteiger partial charge on any atom is 0.337 e. The predicted octanol–water partition coefficient (Wildman–Crippen LogP) is 2.47. The molecule has 2 aromatic rings. The largest absolute Gasteiger partial charge is 0.478 e. The smallest absolute Gasteiger partial charge is 0.337 e. The first-order chi connectivity index (χ1) is 15.5. The molecule has 0 saturated heterocycles. The number of nitrogens with zero attached hydrogens (tertiary/aromatic N) is 1. The Kier molecular flexibility index (Phi) is 7.13. The highest BCUT2D eigenvalue weighted by Crippen LogP contribution is 2.36. The molecular weight excluding hydrogens is 476 g/mol. The number of carbonyl (C=O) groups excluding carboxylic acids is 3. The van der Waals surface area contributed by atoms with E-state index in [0.29, 0.717) is 5.02 Å². The van der Waals surface area contributed by atoms with E-state index in [2.05, 4.69) is 14.8 Å². The van der Waals surface area contributed by atoms with Crippen LogP contribution in [0.5, 0.6) is 5.75 Å². The average molecular weight is 497 g/mol. The van der Waals surface area contributed by atoms with Crippen LogP contribution < -0.4 is 14.4 Å². The highest BCUT2D eigenvalue weighted by atomic mass is 35.5. The standard InChI is InChI=1S/C21H21ClN2O8S/c1-30-20(26)12-8-13(21(27)31-2)10-15(9-12)23-19(25)18-6-7-24(33(3,28)29)16-11-14(22)4-5-17(16)32-18/h4-5,8-11,18H,6-7H2,1-3H3,(H,23,25). The molecule has 176 valence electrons. The van der Waals surface area contributed by atoms with Gasteiger partial charge in [0.2, 0.25) is 10.0 Å². The molecule has 1 aliphatic rings. The van der Waals surface area contributed by atoms with Gasteiger partial charge in [-0.3, -0.25) is 9.10 Å². The second-order valence-electron chi connectivity index (χ2n) is 7.11. The summed E-state index contributed by atoms with van der Waals surface area (Å²) in [5.41, 5.74) is 0.412. The van der Waals surface area contributed by atoms with Crippen molar-refractivity contribution >= 4 is 50.8 Å². The van der Waals surface area contributed by atoms with Gasteiger partial charge >= 0.3 is 11.9 Å². The quantitative estimate of drug-likeness (QED) is 0.625. The van der Waals surface area contributed by atoms with Crippen LogP contribution in [0.4, 0.5) is 11.4 Å². The van der Waals surface area contributed by atoms with Gasteiger partial charge in [0.1, 0.15) is 5.75 Å². The van der Waals surface area contributed by atoms with Crippen molar-refractivity contribution in [2.24, 2.45) is 0 Å². The number of esters is 2. The fraction of sp³-hybridized carbons (Fsp3) is 0.286. The highest BCUT2D eigenvalue weighted by Gasteiger charge is 2.31. The Morgan fingerprint density at radius 1 is 1.06 bits per heavy atom. The number of carbonyl (C=O) groups is 3. The first kappa shape index (κ1) is 24.3. The SMILES string of the molecule is COC(=O)c1cc(NC(=O)C2CCN(S(C)(=O)=O)c3cc(Cl)ccc3O2)cc(C(=O)OC)c1. The van der Waals surface area contributed by atoms with Crippen LogP contribution in [0.1, 0.15) is 27.1 Å². The number of rotatable bonds is 5. The molecule has 0 spiro atoms. The van der Waals surface area contributed by atoms with E-state index in [-0.39, 0.29) is 41.2 Å². The summed E-state index contributed by atoms with van der Waals surface area (Å²) in [6, 6.07) is 8.39. The number of benzene rings is 2. The molecule has 1 atom stereocenters. The van der Waals surface area contributed by atoms with E-state index in [0.717, 1.165) is 10.6 Å². The molecule has 0 fully saturated rings. The number of nitrogens with one attached hydrogen (secondary N) is 1. The fourth-order valence-corrected chi connectivity index (χ4v) is 4.38. The molecule has 0 radical (unpaired) electrons. The number of halogens is 1. The topological polar surface area (TPSA) is 128 Å². The number of fused-ring (bicyclic) bond motifs is 1. The minimum Gasteiger partial charge on any atom is -0.478 e. The van der Waals surface area contributed by atoms with Gasteiger partial charge < -0.3 is 19.5 Å². The Labute approximate surface area is 195 Å². The number of amides is 1. The highest BCUT2D eigenvalue weighted by molar-refractivity contribution is 7.92. The number of anilines is 2. The number of hydrogen-bond donors (Lipinski definition) is 1. The summed E-state index contributed by atoms with van der Waals surface area (Å²) in [5.74, 6) is -1.86. The summed E-state index contributed by atoms with van der Waals surface area (Å²) >= 11 is 6.02. The van der Waals surface area contributed by atoms with Crippen LogP contribution in [0.25, 0.3) is 0 Å². The zero-order valence-corrected chi connectivity index (χ0v) is 19.5. The van der Waals surface area contributed by atoms with Crippen molar-refractivity contribution in [2.75, 3.05) is 36.6 Å². The Morgan fingerprint density at radius 2 is 1.67 bits per heavy atom. The lowest BCUT2D eigenvalue weighted by atomic mass is 10.1. The molecule has 1 heterocycles. The van der Waals surface area contributed by atoms with Gasteiger partial charge in [-0.15, -0.1) is 0 Å². The minimum absolute atomic E-state index is 0.0279. The van der Waals surface area contributed by atoms with Gasteiger partial charge in [-0.25, -0.2) is 18.0 Å². The van der Waals surface area contributed by atoms with Crippen LogP contribution >= 0.6 is 11.6 Å². The number of methoxy groups -OCH3 is 2. The second kappa shape index (κ2) is 9.67. The molecule has 2 aromatic carbocycles. The van der Waals surface area contributed by atoms with Crippen molar-refractivity contribution in [2.45, 2.75) is 12.5 Å².